The number of carboxylic acid groups (broad SMARTS) is 1. The van der Waals surface area contributed by atoms with Crippen LogP contribution in [0, 0.1) is 5.41 Å². The normalized spacial score (nSPS) is 13.3. The molecule has 0 aliphatic carbocycles. The predicted octanol–water partition coefficient (Wildman–Crippen LogP) is 6.69. The third kappa shape index (κ3) is 6.52. The van der Waals surface area contributed by atoms with E-state index in [9.17, 15) is 41.0 Å². The Bertz CT molecular complexity index is 1310. The lowest BCUT2D eigenvalue weighted by Gasteiger charge is -2.28. The zero-order valence-corrected chi connectivity index (χ0v) is 19.9. The number of benzene rings is 3. The van der Waals surface area contributed by atoms with Gasteiger partial charge in [0.2, 0.25) is 0 Å². The van der Waals surface area contributed by atoms with Crippen LogP contribution in [-0.4, -0.2) is 23.0 Å². The largest absolute Gasteiger partial charge is 0.487 e. The second-order valence-electron chi connectivity index (χ2n) is 9.47. The smallest absolute Gasteiger partial charge is 0.416 e. The Hall–Kier alpha value is -3.76. The zero-order chi connectivity index (χ0) is 27.8. The molecule has 0 heterocycles. The molecular formula is C26H23F6NO4. The molecule has 0 unspecified atom stereocenters. The Kier molecular flexibility index (Phi) is 7.48. The molecule has 1 amide bonds. The van der Waals surface area contributed by atoms with E-state index in [0.717, 1.165) is 36.4 Å². The van der Waals surface area contributed by atoms with Gasteiger partial charge in [-0.1, -0.05) is 45.0 Å². The second-order valence-corrected chi connectivity index (χ2v) is 9.47. The number of hydrogen-bond acceptors (Lipinski definition) is 3. The summed E-state index contributed by atoms with van der Waals surface area (Å²) in [5.74, 6) is -2.48. The lowest BCUT2D eigenvalue weighted by Crippen LogP contribution is -2.49. The molecule has 11 heteroatoms. The van der Waals surface area contributed by atoms with Crippen LogP contribution in [0.4, 0.5) is 26.3 Å². The number of halogens is 6. The molecule has 0 bridgehead atoms. The molecule has 3 aromatic rings. The van der Waals surface area contributed by atoms with Crippen molar-refractivity contribution in [3.05, 3.63) is 76.9 Å². The molecule has 0 aromatic heterocycles. The standard InChI is InChI=1S/C26H23F6NO4/c1-24(2,3)21(23(35)36)33-22(34)18-11-7-15-6-10-17(26(30,31)32)12-19(15)20(18)37-13-14-4-8-16(9-5-14)25(27,28)29/h4-12,21H,13H2,1-3H3,(H,33,34)(H,35,36)/t21-/m0/s1. The Balaban J connectivity index is 2.07. The molecule has 198 valence electrons. The first-order valence-electron chi connectivity index (χ1n) is 10.9. The van der Waals surface area contributed by atoms with Gasteiger partial charge in [0.05, 0.1) is 16.7 Å². The van der Waals surface area contributed by atoms with E-state index in [1.54, 1.807) is 20.8 Å². The molecule has 0 saturated carbocycles. The van der Waals surface area contributed by atoms with Crippen LogP contribution >= 0.6 is 0 Å². The molecule has 2 N–H and O–H groups in total. The lowest BCUT2D eigenvalue weighted by molar-refractivity contribution is -0.142. The van der Waals surface area contributed by atoms with Crippen molar-refractivity contribution in [2.75, 3.05) is 0 Å². The number of alkyl halides is 6. The van der Waals surface area contributed by atoms with Crippen molar-refractivity contribution < 1.29 is 45.8 Å². The van der Waals surface area contributed by atoms with E-state index in [-0.39, 0.29) is 28.9 Å². The highest BCUT2D eigenvalue weighted by molar-refractivity contribution is 6.05. The van der Waals surface area contributed by atoms with Crippen LogP contribution in [0.25, 0.3) is 10.8 Å². The SMILES string of the molecule is CC(C)(C)[C@@H](NC(=O)c1ccc2ccc(C(F)(F)F)cc2c1OCc1ccc(C(F)(F)F)cc1)C(=O)O. The van der Waals surface area contributed by atoms with Gasteiger partial charge in [-0.25, -0.2) is 4.79 Å². The van der Waals surface area contributed by atoms with Crippen molar-refractivity contribution in [2.45, 2.75) is 45.8 Å². The summed E-state index contributed by atoms with van der Waals surface area (Å²) in [5, 5.41) is 12.2. The highest BCUT2D eigenvalue weighted by atomic mass is 19.4. The summed E-state index contributed by atoms with van der Waals surface area (Å²) in [6, 6.07) is 8.16. The van der Waals surface area contributed by atoms with Crippen molar-refractivity contribution in [1.82, 2.24) is 5.32 Å². The van der Waals surface area contributed by atoms with Gasteiger partial charge in [-0.2, -0.15) is 26.3 Å². The number of carbonyl (C=O) groups excluding carboxylic acids is 1. The fourth-order valence-corrected chi connectivity index (χ4v) is 3.61. The second kappa shape index (κ2) is 9.95. The molecule has 0 aliphatic heterocycles. The molecular weight excluding hydrogens is 504 g/mol. The molecule has 37 heavy (non-hydrogen) atoms. The summed E-state index contributed by atoms with van der Waals surface area (Å²) >= 11 is 0. The molecule has 0 fully saturated rings. The van der Waals surface area contributed by atoms with E-state index in [2.05, 4.69) is 5.32 Å². The maximum atomic E-state index is 13.4. The van der Waals surface area contributed by atoms with Gasteiger partial charge in [0, 0.05) is 5.39 Å². The fraction of sp³-hybridized carbons (Fsp3) is 0.308. The van der Waals surface area contributed by atoms with Gasteiger partial charge in [0.15, 0.2) is 0 Å². The lowest BCUT2D eigenvalue weighted by atomic mass is 9.86. The number of nitrogens with one attached hydrogen (secondary N) is 1. The van der Waals surface area contributed by atoms with Crippen molar-refractivity contribution in [2.24, 2.45) is 5.41 Å². The first-order chi connectivity index (χ1) is 17.0. The molecule has 1 atom stereocenters. The van der Waals surface area contributed by atoms with Gasteiger partial charge >= 0.3 is 18.3 Å². The van der Waals surface area contributed by atoms with Crippen molar-refractivity contribution >= 4 is 22.6 Å². The highest BCUT2D eigenvalue weighted by Crippen LogP contribution is 2.37. The number of ether oxygens (including phenoxy) is 1. The number of aliphatic carboxylic acids is 1. The Morgan fingerprint density at radius 1 is 0.865 bits per heavy atom. The van der Waals surface area contributed by atoms with Gasteiger partial charge in [-0.05, 0) is 46.7 Å². The highest BCUT2D eigenvalue weighted by Gasteiger charge is 2.35. The minimum Gasteiger partial charge on any atom is -0.487 e. The number of hydrogen-bond donors (Lipinski definition) is 2. The minimum absolute atomic E-state index is 0.0722. The van der Waals surface area contributed by atoms with Crippen LogP contribution < -0.4 is 10.1 Å². The molecule has 3 aromatic carbocycles. The summed E-state index contributed by atoms with van der Waals surface area (Å²) < 4.78 is 84.5. The van der Waals surface area contributed by atoms with E-state index in [0.29, 0.717) is 5.39 Å². The van der Waals surface area contributed by atoms with Crippen LogP contribution in [0.3, 0.4) is 0 Å². The van der Waals surface area contributed by atoms with Gasteiger partial charge in [0.1, 0.15) is 18.4 Å². The molecule has 0 spiro atoms. The van der Waals surface area contributed by atoms with Gasteiger partial charge in [0.25, 0.3) is 5.91 Å². The average Bonchev–Trinajstić information content (AvgIpc) is 2.78. The Morgan fingerprint density at radius 3 is 1.92 bits per heavy atom. The number of rotatable bonds is 6. The molecule has 0 aliphatic rings. The number of carbonyl (C=O) groups is 2. The third-order valence-electron chi connectivity index (χ3n) is 5.60. The number of fused-ring (bicyclic) bond motifs is 1. The minimum atomic E-state index is -4.70. The summed E-state index contributed by atoms with van der Waals surface area (Å²) in [6.45, 7) is 4.40. The van der Waals surface area contributed by atoms with E-state index in [4.69, 9.17) is 4.74 Å². The maximum Gasteiger partial charge on any atom is 0.416 e. The first-order valence-corrected chi connectivity index (χ1v) is 10.9. The molecule has 0 radical (unpaired) electrons. The summed E-state index contributed by atoms with van der Waals surface area (Å²) in [4.78, 5) is 24.8. The monoisotopic (exact) mass is 527 g/mol. The zero-order valence-electron chi connectivity index (χ0n) is 19.9. The van der Waals surface area contributed by atoms with Crippen LogP contribution in [0.1, 0.15) is 47.8 Å². The van der Waals surface area contributed by atoms with Crippen LogP contribution in [0.2, 0.25) is 0 Å². The molecule has 0 saturated heterocycles. The quantitative estimate of drug-likeness (QED) is 0.351. The Morgan fingerprint density at radius 2 is 1.41 bits per heavy atom. The topological polar surface area (TPSA) is 75.6 Å². The molecule has 5 nitrogen and oxygen atoms in total. The maximum absolute atomic E-state index is 13.4. The van der Waals surface area contributed by atoms with E-state index >= 15 is 0 Å². The summed E-state index contributed by atoms with van der Waals surface area (Å²) in [6.07, 6.45) is -9.25. The van der Waals surface area contributed by atoms with Gasteiger partial charge < -0.3 is 15.2 Å². The fourth-order valence-electron chi connectivity index (χ4n) is 3.61. The third-order valence-corrected chi connectivity index (χ3v) is 5.60. The van der Waals surface area contributed by atoms with Crippen molar-refractivity contribution in [1.29, 1.82) is 0 Å². The van der Waals surface area contributed by atoms with Gasteiger partial charge in [-0.15, -0.1) is 0 Å². The van der Waals surface area contributed by atoms with E-state index in [1.807, 2.05) is 0 Å². The summed E-state index contributed by atoms with van der Waals surface area (Å²) in [5.41, 5.74) is -2.76. The van der Waals surface area contributed by atoms with Crippen LogP contribution in [0.15, 0.2) is 54.6 Å². The number of carboxylic acids is 1. The number of amides is 1. The predicted molar refractivity (Wildman–Crippen MR) is 123 cm³/mol. The summed E-state index contributed by atoms with van der Waals surface area (Å²) in [7, 11) is 0. The average molecular weight is 527 g/mol. The van der Waals surface area contributed by atoms with E-state index < -0.39 is 46.8 Å². The van der Waals surface area contributed by atoms with Gasteiger partial charge in [-0.3, -0.25) is 4.79 Å². The molecule has 3 rings (SSSR count). The van der Waals surface area contributed by atoms with Crippen LogP contribution in [-0.2, 0) is 23.8 Å². The first kappa shape index (κ1) is 27.8. The van der Waals surface area contributed by atoms with Crippen LogP contribution in [0.5, 0.6) is 5.75 Å². The Labute approximate surface area is 208 Å². The van der Waals surface area contributed by atoms with Crippen molar-refractivity contribution in [3.8, 4) is 5.75 Å². The van der Waals surface area contributed by atoms with Crippen molar-refractivity contribution in [3.63, 3.8) is 0 Å². The van der Waals surface area contributed by atoms with E-state index in [1.165, 1.54) is 18.2 Å².